The molecule has 9 heteroatoms. The Hall–Kier alpha value is -3.07. The summed E-state index contributed by atoms with van der Waals surface area (Å²) in [6.45, 7) is 4.43. The predicted molar refractivity (Wildman–Crippen MR) is 112 cm³/mol. The maximum absolute atomic E-state index is 13.0. The Kier molecular flexibility index (Phi) is 4.82. The molecule has 1 aliphatic rings. The molecular weight excluding hydrogens is 385 g/mol. The lowest BCUT2D eigenvalue weighted by Gasteiger charge is -2.35. The minimum absolute atomic E-state index is 0.249. The number of fused-ring (bicyclic) bond motifs is 2. The predicted octanol–water partition coefficient (Wildman–Crippen LogP) is 3.40. The van der Waals surface area contributed by atoms with E-state index < -0.39 is 6.67 Å². The minimum atomic E-state index is -0.455. The van der Waals surface area contributed by atoms with Crippen LogP contribution >= 0.6 is 0 Å². The molecule has 0 spiro atoms. The summed E-state index contributed by atoms with van der Waals surface area (Å²) in [6.07, 6.45) is 5.99. The van der Waals surface area contributed by atoms with E-state index in [1.165, 1.54) is 0 Å². The van der Waals surface area contributed by atoms with Crippen molar-refractivity contribution in [3.8, 4) is 11.3 Å². The van der Waals surface area contributed by atoms with Gasteiger partial charge >= 0.3 is 0 Å². The van der Waals surface area contributed by atoms with Gasteiger partial charge < -0.3 is 14.6 Å². The number of aromatic nitrogens is 6. The van der Waals surface area contributed by atoms with E-state index >= 15 is 0 Å². The van der Waals surface area contributed by atoms with Crippen LogP contribution in [-0.4, -0.2) is 54.6 Å². The summed E-state index contributed by atoms with van der Waals surface area (Å²) in [6, 6.07) is 6.17. The molecule has 1 saturated carbocycles. The standard InChI is InChI=1S/C21H24FN7O/c1-3-30-15-10-14(11-15)25-21-23-12-19-16(6-8-29(19)27-21)17-4-5-18-20(26-17)28(9-7-22)13(2)24-18/h4-6,8,12,14-15H,3,7,9-11H2,1-2H3,(H,25,27). The van der Waals surface area contributed by atoms with Crippen LogP contribution in [0.2, 0.25) is 0 Å². The van der Waals surface area contributed by atoms with Gasteiger partial charge in [0.2, 0.25) is 5.95 Å². The van der Waals surface area contributed by atoms with Crippen LogP contribution in [0.4, 0.5) is 10.3 Å². The van der Waals surface area contributed by atoms with Crippen LogP contribution in [0, 0.1) is 6.92 Å². The van der Waals surface area contributed by atoms with Gasteiger partial charge in [0.05, 0.1) is 30.1 Å². The molecule has 0 aromatic carbocycles. The Morgan fingerprint density at radius 2 is 2.10 bits per heavy atom. The number of hydrogen-bond acceptors (Lipinski definition) is 6. The number of alkyl halides is 1. The second-order valence-corrected chi connectivity index (χ2v) is 7.57. The molecule has 30 heavy (non-hydrogen) atoms. The van der Waals surface area contributed by atoms with E-state index in [1.54, 1.807) is 10.7 Å². The summed E-state index contributed by atoms with van der Waals surface area (Å²) in [7, 11) is 0. The smallest absolute Gasteiger partial charge is 0.241 e. The average Bonchev–Trinajstić information content (AvgIpc) is 3.27. The number of anilines is 1. The number of ether oxygens (including phenoxy) is 1. The number of aryl methyl sites for hydroxylation is 2. The van der Waals surface area contributed by atoms with E-state index in [0.29, 0.717) is 23.7 Å². The molecule has 8 nitrogen and oxygen atoms in total. The lowest BCUT2D eigenvalue weighted by molar-refractivity contribution is 0.00283. The fourth-order valence-corrected chi connectivity index (χ4v) is 4.04. The van der Waals surface area contributed by atoms with Crippen LogP contribution in [0.15, 0.2) is 30.6 Å². The molecule has 5 rings (SSSR count). The molecule has 4 aromatic rings. The summed E-state index contributed by atoms with van der Waals surface area (Å²) in [5, 5.41) is 7.96. The molecule has 4 aromatic heterocycles. The second-order valence-electron chi connectivity index (χ2n) is 7.57. The fourth-order valence-electron chi connectivity index (χ4n) is 4.04. The molecule has 1 aliphatic carbocycles. The van der Waals surface area contributed by atoms with Crippen LogP contribution in [-0.2, 0) is 11.3 Å². The lowest BCUT2D eigenvalue weighted by atomic mass is 9.89. The molecule has 4 heterocycles. The Morgan fingerprint density at radius 3 is 2.90 bits per heavy atom. The zero-order chi connectivity index (χ0) is 20.7. The van der Waals surface area contributed by atoms with Gasteiger partial charge in [0.1, 0.15) is 18.0 Å². The van der Waals surface area contributed by atoms with Gasteiger partial charge in [-0.2, -0.15) is 0 Å². The van der Waals surface area contributed by atoms with Crippen molar-refractivity contribution in [2.75, 3.05) is 18.6 Å². The second kappa shape index (κ2) is 7.64. The number of rotatable bonds is 7. The average molecular weight is 409 g/mol. The van der Waals surface area contributed by atoms with Gasteiger partial charge in [0.25, 0.3) is 0 Å². The number of hydrogen-bond donors (Lipinski definition) is 1. The summed E-state index contributed by atoms with van der Waals surface area (Å²) >= 11 is 0. The molecule has 0 amide bonds. The zero-order valence-electron chi connectivity index (χ0n) is 17.0. The van der Waals surface area contributed by atoms with Crippen molar-refractivity contribution in [2.45, 2.75) is 45.4 Å². The SMILES string of the molecule is CCOC1CC(Nc2ncc3c(-c4ccc5nc(C)n(CCF)c5n4)ccn3n2)C1. The normalized spacial score (nSPS) is 18.8. The van der Waals surface area contributed by atoms with Gasteiger partial charge in [-0.25, -0.2) is 23.9 Å². The highest BCUT2D eigenvalue weighted by molar-refractivity contribution is 5.82. The first-order chi connectivity index (χ1) is 14.7. The van der Waals surface area contributed by atoms with Crippen molar-refractivity contribution >= 4 is 22.6 Å². The number of pyridine rings is 1. The van der Waals surface area contributed by atoms with Crippen LogP contribution in [0.1, 0.15) is 25.6 Å². The van der Waals surface area contributed by atoms with Gasteiger partial charge in [-0.05, 0) is 44.9 Å². The molecule has 0 bridgehead atoms. The van der Waals surface area contributed by atoms with Crippen molar-refractivity contribution in [3.63, 3.8) is 0 Å². The summed E-state index contributed by atoms with van der Waals surface area (Å²) in [5.41, 5.74) is 4.03. The van der Waals surface area contributed by atoms with E-state index in [0.717, 1.165) is 47.6 Å². The quantitative estimate of drug-likeness (QED) is 0.504. The van der Waals surface area contributed by atoms with E-state index in [2.05, 4.69) is 20.4 Å². The highest BCUT2D eigenvalue weighted by atomic mass is 19.1. The van der Waals surface area contributed by atoms with E-state index in [4.69, 9.17) is 9.72 Å². The molecule has 1 N–H and O–H groups in total. The maximum Gasteiger partial charge on any atom is 0.241 e. The fraction of sp³-hybridized carbons (Fsp3) is 0.429. The largest absolute Gasteiger partial charge is 0.378 e. The van der Waals surface area contributed by atoms with Gasteiger partial charge in [0.15, 0.2) is 5.65 Å². The molecule has 0 aliphatic heterocycles. The third kappa shape index (κ3) is 3.28. The van der Waals surface area contributed by atoms with Gasteiger partial charge in [-0.15, -0.1) is 5.10 Å². The van der Waals surface area contributed by atoms with Gasteiger partial charge in [-0.3, -0.25) is 0 Å². The lowest BCUT2D eigenvalue weighted by Crippen LogP contribution is -2.41. The van der Waals surface area contributed by atoms with E-state index in [1.807, 2.05) is 42.8 Å². The van der Waals surface area contributed by atoms with E-state index in [9.17, 15) is 4.39 Å². The molecular formula is C21H24FN7O. The van der Waals surface area contributed by atoms with Crippen molar-refractivity contribution < 1.29 is 9.13 Å². The third-order valence-electron chi connectivity index (χ3n) is 5.61. The third-order valence-corrected chi connectivity index (χ3v) is 5.61. The highest BCUT2D eigenvalue weighted by Gasteiger charge is 2.30. The number of nitrogens with zero attached hydrogens (tertiary/aromatic N) is 6. The molecule has 1 fully saturated rings. The minimum Gasteiger partial charge on any atom is -0.378 e. The Labute approximate surface area is 173 Å². The number of halogens is 1. The molecule has 0 radical (unpaired) electrons. The topological polar surface area (TPSA) is 82.2 Å². The monoisotopic (exact) mass is 409 g/mol. The van der Waals surface area contributed by atoms with Crippen LogP contribution in [0.5, 0.6) is 0 Å². The molecule has 0 atom stereocenters. The first kappa shape index (κ1) is 18.9. The van der Waals surface area contributed by atoms with E-state index in [-0.39, 0.29) is 6.54 Å². The van der Waals surface area contributed by atoms with Crippen LogP contribution in [0.25, 0.3) is 27.9 Å². The summed E-state index contributed by atoms with van der Waals surface area (Å²) in [5.74, 6) is 1.36. The van der Waals surface area contributed by atoms with Gasteiger partial charge in [0, 0.05) is 24.4 Å². The van der Waals surface area contributed by atoms with Gasteiger partial charge in [-0.1, -0.05) is 0 Å². The Morgan fingerprint density at radius 1 is 1.23 bits per heavy atom. The Balaban J connectivity index is 1.42. The van der Waals surface area contributed by atoms with Crippen LogP contribution < -0.4 is 5.32 Å². The zero-order valence-corrected chi connectivity index (χ0v) is 17.0. The highest BCUT2D eigenvalue weighted by Crippen LogP contribution is 2.28. The molecule has 156 valence electrons. The molecule has 0 saturated heterocycles. The summed E-state index contributed by atoms with van der Waals surface area (Å²) in [4.78, 5) is 13.7. The van der Waals surface area contributed by atoms with Crippen LogP contribution in [0.3, 0.4) is 0 Å². The van der Waals surface area contributed by atoms with Crippen molar-refractivity contribution in [1.29, 1.82) is 0 Å². The molecule has 0 unspecified atom stereocenters. The van der Waals surface area contributed by atoms with Crippen molar-refractivity contribution in [1.82, 2.24) is 29.1 Å². The van der Waals surface area contributed by atoms with Crippen molar-refractivity contribution in [2.24, 2.45) is 0 Å². The Bertz CT molecular complexity index is 1190. The number of nitrogens with one attached hydrogen (secondary N) is 1. The first-order valence-corrected chi connectivity index (χ1v) is 10.3. The number of imidazole rings is 1. The summed E-state index contributed by atoms with van der Waals surface area (Å²) < 4.78 is 22.2. The maximum atomic E-state index is 13.0. The van der Waals surface area contributed by atoms with Crippen molar-refractivity contribution in [3.05, 3.63) is 36.4 Å². The first-order valence-electron chi connectivity index (χ1n) is 10.3.